The van der Waals surface area contributed by atoms with Crippen molar-refractivity contribution in [3.8, 4) is 17.2 Å². The molecule has 0 bridgehead atoms. The van der Waals surface area contributed by atoms with E-state index in [0.29, 0.717) is 35.0 Å². The maximum absolute atomic E-state index is 12.7. The van der Waals surface area contributed by atoms with Gasteiger partial charge >= 0.3 is 5.97 Å². The molecule has 0 radical (unpaired) electrons. The van der Waals surface area contributed by atoms with Crippen molar-refractivity contribution in [2.24, 2.45) is 0 Å². The van der Waals surface area contributed by atoms with Gasteiger partial charge in [-0.2, -0.15) is 0 Å². The fourth-order valence-electron chi connectivity index (χ4n) is 2.79. The van der Waals surface area contributed by atoms with Gasteiger partial charge in [0, 0.05) is 11.1 Å². The van der Waals surface area contributed by atoms with E-state index in [-0.39, 0.29) is 18.1 Å². The summed E-state index contributed by atoms with van der Waals surface area (Å²) in [6.45, 7) is 3.59. The molecule has 3 rings (SSSR count). The van der Waals surface area contributed by atoms with Crippen molar-refractivity contribution < 1.29 is 28.5 Å². The fraction of sp³-hybridized carbons (Fsp3) is 0.238. The summed E-state index contributed by atoms with van der Waals surface area (Å²) in [5.74, 6) is 1.09. The highest BCUT2D eigenvalue weighted by Crippen LogP contribution is 2.39. The number of ether oxygens (including phenoxy) is 4. The molecule has 0 N–H and O–H groups in total. The Labute approximate surface area is 157 Å². The lowest BCUT2D eigenvalue weighted by molar-refractivity contribution is -0.145. The normalized spacial score (nSPS) is 13.9. The van der Waals surface area contributed by atoms with Crippen LogP contribution in [-0.4, -0.2) is 32.1 Å². The van der Waals surface area contributed by atoms with Crippen molar-refractivity contribution in [2.45, 2.75) is 13.8 Å². The fourth-order valence-corrected chi connectivity index (χ4v) is 2.79. The third-order valence-corrected chi connectivity index (χ3v) is 4.11. The number of rotatable bonds is 6. The highest BCUT2D eigenvalue weighted by molar-refractivity contribution is 6.15. The van der Waals surface area contributed by atoms with E-state index < -0.39 is 5.97 Å². The molecule has 0 spiro atoms. The lowest BCUT2D eigenvalue weighted by Crippen LogP contribution is -2.15. The summed E-state index contributed by atoms with van der Waals surface area (Å²) in [5.41, 5.74) is 1.85. The van der Waals surface area contributed by atoms with E-state index in [1.807, 2.05) is 24.3 Å². The van der Waals surface area contributed by atoms with Crippen LogP contribution in [0.25, 0.3) is 6.08 Å². The van der Waals surface area contributed by atoms with Crippen LogP contribution in [0.4, 0.5) is 0 Å². The summed E-state index contributed by atoms with van der Waals surface area (Å²) in [6, 6.07) is 10.6. The number of allylic oxidation sites excluding steroid dienone is 1. The molecule has 1 aliphatic heterocycles. The molecule has 6 nitrogen and oxygen atoms in total. The number of Topliss-reactive ketones (excluding diaryl/α,β-unsaturated/α-hetero) is 1. The van der Waals surface area contributed by atoms with E-state index in [0.717, 1.165) is 5.56 Å². The summed E-state index contributed by atoms with van der Waals surface area (Å²) < 4.78 is 21.5. The number of para-hydroxylation sites is 1. The summed E-state index contributed by atoms with van der Waals surface area (Å²) >= 11 is 0. The molecule has 1 heterocycles. The largest absolute Gasteiger partial charge is 0.496 e. The maximum atomic E-state index is 12.7. The number of hydrogen-bond acceptors (Lipinski definition) is 6. The van der Waals surface area contributed by atoms with Crippen molar-refractivity contribution >= 4 is 17.8 Å². The van der Waals surface area contributed by atoms with Crippen molar-refractivity contribution in [1.29, 1.82) is 0 Å². The first-order valence-corrected chi connectivity index (χ1v) is 8.54. The average molecular weight is 368 g/mol. The number of carbonyl (C=O) groups excluding carboxylic acids is 2. The van der Waals surface area contributed by atoms with Crippen LogP contribution in [0.2, 0.25) is 0 Å². The Kier molecular flexibility index (Phi) is 5.45. The van der Waals surface area contributed by atoms with E-state index in [1.54, 1.807) is 39.2 Å². The second kappa shape index (κ2) is 7.95. The zero-order valence-corrected chi connectivity index (χ0v) is 15.4. The van der Waals surface area contributed by atoms with Gasteiger partial charge in [-0.3, -0.25) is 4.79 Å². The van der Waals surface area contributed by atoms with Gasteiger partial charge in [0.1, 0.15) is 17.2 Å². The van der Waals surface area contributed by atoms with Crippen LogP contribution in [-0.2, 0) is 9.53 Å². The molecule has 0 amide bonds. The highest BCUT2D eigenvalue weighted by Gasteiger charge is 2.30. The molecule has 6 heteroatoms. The SMILES string of the molecule is CCOC(=O)COc1ccc2c(c1C)O/C(=C\c1ccccc1OC)C2=O. The van der Waals surface area contributed by atoms with Crippen LogP contribution in [0, 0.1) is 6.92 Å². The van der Waals surface area contributed by atoms with E-state index >= 15 is 0 Å². The van der Waals surface area contributed by atoms with Gasteiger partial charge < -0.3 is 18.9 Å². The van der Waals surface area contributed by atoms with Gasteiger partial charge in [0.25, 0.3) is 0 Å². The Morgan fingerprint density at radius 2 is 1.93 bits per heavy atom. The smallest absolute Gasteiger partial charge is 0.344 e. The molecule has 2 aromatic rings. The monoisotopic (exact) mass is 368 g/mol. The number of carbonyl (C=O) groups is 2. The minimum absolute atomic E-state index is 0.203. The molecule has 0 aromatic heterocycles. The van der Waals surface area contributed by atoms with Crippen molar-refractivity contribution in [2.75, 3.05) is 20.3 Å². The van der Waals surface area contributed by atoms with E-state index in [4.69, 9.17) is 18.9 Å². The van der Waals surface area contributed by atoms with Crippen molar-refractivity contribution in [1.82, 2.24) is 0 Å². The molecule has 0 atom stereocenters. The van der Waals surface area contributed by atoms with Gasteiger partial charge in [-0.05, 0) is 38.1 Å². The first kappa shape index (κ1) is 18.5. The van der Waals surface area contributed by atoms with Crippen LogP contribution >= 0.6 is 0 Å². The minimum Gasteiger partial charge on any atom is -0.496 e. The molecule has 140 valence electrons. The van der Waals surface area contributed by atoms with Gasteiger partial charge in [-0.1, -0.05) is 18.2 Å². The topological polar surface area (TPSA) is 71.1 Å². The van der Waals surface area contributed by atoms with Crippen LogP contribution < -0.4 is 14.2 Å². The molecular formula is C21H20O6. The zero-order valence-electron chi connectivity index (χ0n) is 15.4. The first-order chi connectivity index (χ1) is 13.0. The molecule has 2 aromatic carbocycles. The Hall–Kier alpha value is -3.28. The molecule has 0 saturated heterocycles. The van der Waals surface area contributed by atoms with Gasteiger partial charge in [-0.25, -0.2) is 4.79 Å². The van der Waals surface area contributed by atoms with Crippen LogP contribution in [0.5, 0.6) is 17.2 Å². The lowest BCUT2D eigenvalue weighted by atomic mass is 10.1. The van der Waals surface area contributed by atoms with Crippen molar-refractivity contribution in [3.63, 3.8) is 0 Å². The zero-order chi connectivity index (χ0) is 19.4. The van der Waals surface area contributed by atoms with Crippen LogP contribution in [0.1, 0.15) is 28.4 Å². The molecule has 0 saturated carbocycles. The van der Waals surface area contributed by atoms with E-state index in [1.165, 1.54) is 0 Å². The predicted molar refractivity (Wildman–Crippen MR) is 99.2 cm³/mol. The number of esters is 1. The van der Waals surface area contributed by atoms with Crippen LogP contribution in [0.3, 0.4) is 0 Å². The Morgan fingerprint density at radius 1 is 1.15 bits per heavy atom. The predicted octanol–water partition coefficient (Wildman–Crippen LogP) is 3.56. The summed E-state index contributed by atoms with van der Waals surface area (Å²) in [7, 11) is 1.57. The summed E-state index contributed by atoms with van der Waals surface area (Å²) in [6.07, 6.45) is 1.65. The van der Waals surface area contributed by atoms with E-state index in [2.05, 4.69) is 0 Å². The Bertz CT molecular complexity index is 913. The number of fused-ring (bicyclic) bond motifs is 1. The molecular weight excluding hydrogens is 348 g/mol. The lowest BCUT2D eigenvalue weighted by Gasteiger charge is -2.11. The summed E-state index contributed by atoms with van der Waals surface area (Å²) in [4.78, 5) is 24.1. The number of ketones is 1. The summed E-state index contributed by atoms with van der Waals surface area (Å²) in [5, 5.41) is 0. The number of benzene rings is 2. The molecule has 0 aliphatic carbocycles. The number of methoxy groups -OCH3 is 1. The maximum Gasteiger partial charge on any atom is 0.344 e. The third-order valence-electron chi connectivity index (χ3n) is 4.11. The van der Waals surface area contributed by atoms with Crippen molar-refractivity contribution in [3.05, 3.63) is 58.8 Å². The highest BCUT2D eigenvalue weighted by atomic mass is 16.6. The first-order valence-electron chi connectivity index (χ1n) is 8.54. The molecule has 1 aliphatic rings. The van der Waals surface area contributed by atoms with Gasteiger partial charge in [0.15, 0.2) is 12.4 Å². The number of hydrogen-bond donors (Lipinski definition) is 0. The molecule has 27 heavy (non-hydrogen) atoms. The average Bonchev–Trinajstić information content (AvgIpc) is 2.98. The van der Waals surface area contributed by atoms with Gasteiger partial charge in [-0.15, -0.1) is 0 Å². The minimum atomic E-state index is -0.453. The Balaban J connectivity index is 1.85. The van der Waals surface area contributed by atoms with Crippen LogP contribution in [0.15, 0.2) is 42.2 Å². The molecule has 0 unspecified atom stereocenters. The second-order valence-corrected chi connectivity index (χ2v) is 5.84. The van der Waals surface area contributed by atoms with E-state index in [9.17, 15) is 9.59 Å². The molecule has 0 fully saturated rings. The third kappa shape index (κ3) is 3.79. The quantitative estimate of drug-likeness (QED) is 0.573. The Morgan fingerprint density at radius 3 is 2.67 bits per heavy atom. The standard InChI is InChI=1S/C21H20O6/c1-4-25-19(22)12-26-16-10-9-15-20(23)18(27-21(15)13(16)2)11-14-7-5-6-8-17(14)24-3/h5-11H,4,12H2,1-3H3/b18-11-. The van der Waals surface area contributed by atoms with Gasteiger partial charge in [0.05, 0.1) is 19.3 Å². The second-order valence-electron chi connectivity index (χ2n) is 5.84. The van der Waals surface area contributed by atoms with Gasteiger partial charge in [0.2, 0.25) is 5.78 Å².